The molecule has 264 valence electrons. The predicted molar refractivity (Wildman–Crippen MR) is 214 cm³/mol. The van der Waals surface area contributed by atoms with Gasteiger partial charge in [-0.3, -0.25) is 9.59 Å². The van der Waals surface area contributed by atoms with Gasteiger partial charge in [-0.25, -0.2) is 4.90 Å². The van der Waals surface area contributed by atoms with Gasteiger partial charge >= 0.3 is 0 Å². The van der Waals surface area contributed by atoms with E-state index in [1.54, 1.807) is 0 Å². The highest BCUT2D eigenvalue weighted by atomic mass is 16.2. The van der Waals surface area contributed by atoms with Gasteiger partial charge in [-0.2, -0.15) is 0 Å². The Morgan fingerprint density at radius 1 is 0.528 bits per heavy atom. The summed E-state index contributed by atoms with van der Waals surface area (Å²) in [5, 5.41) is 2.51. The molecule has 0 radical (unpaired) electrons. The largest absolute Gasteiger partial charge is 0.309 e. The Morgan fingerprint density at radius 3 is 2.02 bits per heavy atom. The van der Waals surface area contributed by atoms with Crippen LogP contribution in [0.15, 0.2) is 109 Å². The van der Waals surface area contributed by atoms with Crippen molar-refractivity contribution in [1.29, 1.82) is 0 Å². The molecule has 4 heteroatoms. The first-order chi connectivity index (χ1) is 25.6. The molecule has 4 bridgehead atoms. The van der Waals surface area contributed by atoms with Crippen molar-refractivity contribution in [2.24, 2.45) is 34.5 Å². The maximum Gasteiger partial charge on any atom is 0.240 e. The predicted octanol–water partition coefficient (Wildman–Crippen LogP) is 11.5. The number of hydrogen-bond donors (Lipinski definition) is 0. The number of para-hydroxylation sites is 2. The molecule has 6 aromatic rings. The summed E-state index contributed by atoms with van der Waals surface area (Å²) < 4.78 is 2.38. The van der Waals surface area contributed by atoms with Crippen LogP contribution in [0, 0.1) is 34.5 Å². The lowest BCUT2D eigenvalue weighted by Crippen LogP contribution is -2.48. The summed E-state index contributed by atoms with van der Waals surface area (Å²) in [5.41, 5.74) is 10.6. The summed E-state index contributed by atoms with van der Waals surface area (Å²) in [6.07, 6.45) is 7.81. The van der Waals surface area contributed by atoms with E-state index in [0.717, 1.165) is 17.5 Å². The third-order valence-electron chi connectivity index (χ3n) is 15.3. The van der Waals surface area contributed by atoms with Crippen molar-refractivity contribution in [1.82, 2.24) is 4.57 Å². The molecule has 5 aromatic carbocycles. The van der Waals surface area contributed by atoms with Crippen molar-refractivity contribution in [2.45, 2.75) is 71.6 Å². The number of rotatable bonds is 3. The molecular formula is C49H46N2O2. The van der Waals surface area contributed by atoms with E-state index in [4.69, 9.17) is 0 Å². The molecule has 2 amide bonds. The fraction of sp³-hybridized carbons (Fsp3) is 0.347. The maximum absolute atomic E-state index is 14.0. The number of amides is 2. The SMILES string of the molecule is CC1(C)C(=O)N(c2ccc3c(c2)C2(c4ccc(-c5ccc6c(c5)c5ccccc5n6-c5ccccc5)cc4-3)C3CCC4CC(C3)CC2C4)C(=O)C1(C)C. The quantitative estimate of drug-likeness (QED) is 0.173. The molecule has 1 saturated heterocycles. The van der Waals surface area contributed by atoms with Gasteiger partial charge in [0.15, 0.2) is 0 Å². The van der Waals surface area contributed by atoms with E-state index in [1.807, 2.05) is 27.7 Å². The number of fused-ring (bicyclic) bond motifs is 7. The normalized spacial score (nSPS) is 27.6. The molecule has 4 saturated carbocycles. The molecular weight excluding hydrogens is 649 g/mol. The first-order valence-electron chi connectivity index (χ1n) is 19.9. The number of aromatic nitrogens is 1. The van der Waals surface area contributed by atoms with Crippen molar-refractivity contribution < 1.29 is 9.59 Å². The van der Waals surface area contributed by atoms with Gasteiger partial charge in [0.25, 0.3) is 0 Å². The second-order valence-electron chi connectivity index (χ2n) is 18.1. The van der Waals surface area contributed by atoms with Crippen LogP contribution in [0.3, 0.4) is 0 Å². The number of benzene rings is 5. The highest BCUT2D eigenvalue weighted by Gasteiger charge is 2.62. The van der Waals surface area contributed by atoms with Crippen molar-refractivity contribution >= 4 is 39.3 Å². The Bertz CT molecular complexity index is 2520. The molecule has 5 fully saturated rings. The fourth-order valence-corrected chi connectivity index (χ4v) is 12.1. The van der Waals surface area contributed by atoms with Gasteiger partial charge in [0.2, 0.25) is 11.8 Å². The van der Waals surface area contributed by atoms with Gasteiger partial charge in [-0.05, 0) is 165 Å². The van der Waals surface area contributed by atoms with Gasteiger partial charge in [-0.1, -0.05) is 67.1 Å². The average molecular weight is 695 g/mol. The van der Waals surface area contributed by atoms with Gasteiger partial charge in [0, 0.05) is 21.9 Å². The minimum absolute atomic E-state index is 0.0885. The molecule has 1 aliphatic heterocycles. The van der Waals surface area contributed by atoms with Gasteiger partial charge in [-0.15, -0.1) is 0 Å². The van der Waals surface area contributed by atoms with Crippen molar-refractivity contribution in [3.8, 4) is 27.9 Å². The van der Waals surface area contributed by atoms with Crippen LogP contribution in [-0.2, 0) is 15.0 Å². The number of imide groups is 1. The number of nitrogens with zero attached hydrogens (tertiary/aromatic N) is 2. The molecule has 12 rings (SSSR count). The molecule has 1 spiro atoms. The summed E-state index contributed by atoms with van der Waals surface area (Å²) in [6, 6.07) is 40.3. The third kappa shape index (κ3) is 3.97. The smallest absolute Gasteiger partial charge is 0.240 e. The maximum atomic E-state index is 14.0. The van der Waals surface area contributed by atoms with Crippen molar-refractivity contribution in [3.05, 3.63) is 120 Å². The van der Waals surface area contributed by atoms with E-state index in [2.05, 4.69) is 114 Å². The minimum atomic E-state index is -0.771. The minimum Gasteiger partial charge on any atom is -0.309 e. The molecule has 53 heavy (non-hydrogen) atoms. The Kier molecular flexibility index (Phi) is 6.30. The Balaban J connectivity index is 1.10. The first kappa shape index (κ1) is 31.6. The Hall–Kier alpha value is -4.96. The van der Waals surface area contributed by atoms with E-state index in [1.165, 1.54) is 104 Å². The van der Waals surface area contributed by atoms with E-state index in [9.17, 15) is 9.59 Å². The van der Waals surface area contributed by atoms with Crippen LogP contribution in [0.4, 0.5) is 5.69 Å². The molecule has 6 aliphatic rings. The highest BCUT2D eigenvalue weighted by Crippen LogP contribution is 2.68. The lowest BCUT2D eigenvalue weighted by molar-refractivity contribution is -0.129. The summed E-state index contributed by atoms with van der Waals surface area (Å²) in [4.78, 5) is 29.5. The average Bonchev–Trinajstić information content (AvgIpc) is 3.60. The highest BCUT2D eigenvalue weighted by molar-refractivity contribution is 6.25. The molecule has 0 N–H and O–H groups in total. The molecule has 4 nitrogen and oxygen atoms in total. The van der Waals surface area contributed by atoms with E-state index >= 15 is 0 Å². The lowest BCUT2D eigenvalue weighted by atomic mass is 9.50. The van der Waals surface area contributed by atoms with Crippen LogP contribution < -0.4 is 4.90 Å². The van der Waals surface area contributed by atoms with Crippen LogP contribution in [-0.4, -0.2) is 16.4 Å². The Labute approximate surface area is 311 Å². The van der Waals surface area contributed by atoms with Crippen LogP contribution in [0.1, 0.15) is 77.3 Å². The summed E-state index contributed by atoms with van der Waals surface area (Å²) in [5.74, 6) is 2.59. The summed E-state index contributed by atoms with van der Waals surface area (Å²) in [7, 11) is 0. The molecule has 5 atom stereocenters. The number of carbonyl (C=O) groups is 2. The zero-order chi connectivity index (χ0) is 36.0. The third-order valence-corrected chi connectivity index (χ3v) is 15.3. The molecule has 5 aliphatic carbocycles. The topological polar surface area (TPSA) is 42.3 Å². The van der Waals surface area contributed by atoms with Crippen LogP contribution in [0.25, 0.3) is 49.7 Å². The van der Waals surface area contributed by atoms with Gasteiger partial charge < -0.3 is 4.57 Å². The van der Waals surface area contributed by atoms with E-state index in [-0.39, 0.29) is 17.2 Å². The zero-order valence-electron chi connectivity index (χ0n) is 31.2. The van der Waals surface area contributed by atoms with Crippen LogP contribution in [0.5, 0.6) is 0 Å². The Morgan fingerprint density at radius 2 is 1.21 bits per heavy atom. The number of hydrogen-bond acceptors (Lipinski definition) is 2. The molecule has 2 heterocycles. The zero-order valence-corrected chi connectivity index (χ0v) is 31.2. The second-order valence-corrected chi connectivity index (χ2v) is 18.1. The van der Waals surface area contributed by atoms with Crippen molar-refractivity contribution in [3.63, 3.8) is 0 Å². The number of anilines is 1. The van der Waals surface area contributed by atoms with E-state index in [0.29, 0.717) is 11.8 Å². The van der Waals surface area contributed by atoms with E-state index < -0.39 is 10.8 Å². The summed E-state index contributed by atoms with van der Waals surface area (Å²) in [6.45, 7) is 7.72. The monoisotopic (exact) mass is 694 g/mol. The molecule has 5 unspecified atom stereocenters. The van der Waals surface area contributed by atoms with Gasteiger partial charge in [0.05, 0.1) is 27.6 Å². The van der Waals surface area contributed by atoms with Crippen LogP contribution in [0.2, 0.25) is 0 Å². The standard InChI is InChI=1S/C49H46N2O2/c1-47(2)45(52)51(46(53)48(47,3)4)36-18-19-37-39-26-31(15-20-41(39)49(42(37)28-36)33-17-14-29-22-30(24-33)25-34(49)23-29)32-16-21-44-40(27-32)38-12-8-9-13-43(38)50(44)35-10-6-5-7-11-35/h5-13,15-16,18-21,26-30,33-34H,14,17,22-25H2,1-4H3. The lowest BCUT2D eigenvalue weighted by Gasteiger charge is -2.53. The van der Waals surface area contributed by atoms with Crippen LogP contribution >= 0.6 is 0 Å². The fourth-order valence-electron chi connectivity index (χ4n) is 12.1. The molecule has 1 aromatic heterocycles. The van der Waals surface area contributed by atoms with Crippen molar-refractivity contribution in [2.75, 3.05) is 4.90 Å². The first-order valence-corrected chi connectivity index (χ1v) is 19.9. The summed E-state index contributed by atoms with van der Waals surface area (Å²) >= 11 is 0. The second kappa shape index (κ2) is 10.6. The number of carbonyl (C=O) groups excluding carboxylic acids is 2. The van der Waals surface area contributed by atoms with Gasteiger partial charge in [0.1, 0.15) is 0 Å².